The van der Waals surface area contributed by atoms with Crippen molar-refractivity contribution in [1.82, 2.24) is 4.90 Å². The quantitative estimate of drug-likeness (QED) is 0.806. The summed E-state index contributed by atoms with van der Waals surface area (Å²) in [5.74, 6) is 0.168. The van der Waals surface area contributed by atoms with Gasteiger partial charge < -0.3 is 24.6 Å². The fourth-order valence-corrected chi connectivity index (χ4v) is 4.86. The molecule has 1 saturated heterocycles. The lowest BCUT2D eigenvalue weighted by Crippen LogP contribution is -2.55. The number of rotatable bonds is 3. The molecule has 1 saturated carbocycles. The molecule has 2 fully saturated rings. The van der Waals surface area contributed by atoms with E-state index in [9.17, 15) is 19.8 Å². The molecule has 1 amide bonds. The molecular weight excluding hydrogens is 374 g/mol. The SMILES string of the molecule is CC1(C)CC(=O)c2c(O)cc(OCC(=O)N3CC[C@@]4(O)CCCC[C@H]4C3)cc2O1. The summed E-state index contributed by atoms with van der Waals surface area (Å²) in [6.07, 6.45) is 4.70. The number of aliphatic hydroxyl groups is 1. The molecule has 2 N–H and O–H groups in total. The topological polar surface area (TPSA) is 96.3 Å². The number of ether oxygens (including phenoxy) is 2. The van der Waals surface area contributed by atoms with Gasteiger partial charge in [0.15, 0.2) is 12.4 Å². The Morgan fingerprint density at radius 2 is 2.10 bits per heavy atom. The zero-order chi connectivity index (χ0) is 20.8. The number of ketones is 1. The maximum absolute atomic E-state index is 12.7. The number of carbonyl (C=O) groups is 2. The van der Waals surface area contributed by atoms with E-state index >= 15 is 0 Å². The largest absolute Gasteiger partial charge is 0.507 e. The second-order valence-corrected chi connectivity index (χ2v) is 9.20. The van der Waals surface area contributed by atoms with Gasteiger partial charge in [0.05, 0.1) is 12.0 Å². The van der Waals surface area contributed by atoms with Gasteiger partial charge in [-0.05, 0) is 33.1 Å². The maximum atomic E-state index is 12.7. The Bertz CT molecular complexity index is 835. The normalized spacial score (nSPS) is 28.2. The molecule has 0 aromatic heterocycles. The molecule has 0 bridgehead atoms. The predicted octanol–water partition coefficient (Wildman–Crippen LogP) is 2.67. The number of phenols is 1. The lowest BCUT2D eigenvalue weighted by molar-refractivity contribution is -0.145. The first-order valence-electron chi connectivity index (χ1n) is 10.4. The number of hydrogen-bond acceptors (Lipinski definition) is 6. The number of Topliss-reactive ketones (excluding diaryl/α,β-unsaturated/α-hetero) is 1. The molecule has 1 aromatic rings. The van der Waals surface area contributed by atoms with E-state index in [2.05, 4.69) is 0 Å². The first-order chi connectivity index (χ1) is 13.7. The Labute approximate surface area is 170 Å². The van der Waals surface area contributed by atoms with Crippen LogP contribution in [0.1, 0.15) is 62.7 Å². The Morgan fingerprint density at radius 1 is 1.31 bits per heavy atom. The summed E-state index contributed by atoms with van der Waals surface area (Å²) >= 11 is 0. The van der Waals surface area contributed by atoms with Crippen molar-refractivity contribution in [2.75, 3.05) is 19.7 Å². The van der Waals surface area contributed by atoms with E-state index in [1.165, 1.54) is 6.07 Å². The average Bonchev–Trinajstić information content (AvgIpc) is 2.63. The van der Waals surface area contributed by atoms with Crippen LogP contribution in [0.3, 0.4) is 0 Å². The van der Waals surface area contributed by atoms with Gasteiger partial charge in [0, 0.05) is 31.1 Å². The summed E-state index contributed by atoms with van der Waals surface area (Å²) in [6, 6.07) is 2.90. The van der Waals surface area contributed by atoms with Gasteiger partial charge in [-0.2, -0.15) is 0 Å². The number of piperidine rings is 1. The van der Waals surface area contributed by atoms with Gasteiger partial charge in [0.25, 0.3) is 5.91 Å². The third-order valence-electron chi connectivity index (χ3n) is 6.45. The highest BCUT2D eigenvalue weighted by molar-refractivity contribution is 6.03. The average molecular weight is 403 g/mol. The number of likely N-dealkylation sites (tertiary alicyclic amines) is 1. The summed E-state index contributed by atoms with van der Waals surface area (Å²) in [5.41, 5.74) is -1.12. The third kappa shape index (κ3) is 3.92. The number of nitrogens with zero attached hydrogens (tertiary/aromatic N) is 1. The lowest BCUT2D eigenvalue weighted by Gasteiger charge is -2.47. The highest BCUT2D eigenvalue weighted by Crippen LogP contribution is 2.41. The summed E-state index contributed by atoms with van der Waals surface area (Å²) in [4.78, 5) is 26.7. The van der Waals surface area contributed by atoms with E-state index in [-0.39, 0.29) is 53.4 Å². The van der Waals surface area contributed by atoms with Crippen LogP contribution in [0.2, 0.25) is 0 Å². The summed E-state index contributed by atoms with van der Waals surface area (Å²) < 4.78 is 11.4. The minimum absolute atomic E-state index is 0.128. The number of hydrogen-bond donors (Lipinski definition) is 2. The smallest absolute Gasteiger partial charge is 0.260 e. The molecule has 2 aliphatic heterocycles. The lowest BCUT2D eigenvalue weighted by atomic mass is 9.71. The Morgan fingerprint density at radius 3 is 2.90 bits per heavy atom. The first kappa shape index (κ1) is 20.0. The van der Waals surface area contributed by atoms with Crippen LogP contribution in [0.25, 0.3) is 0 Å². The van der Waals surface area contributed by atoms with Gasteiger partial charge >= 0.3 is 0 Å². The van der Waals surface area contributed by atoms with E-state index < -0.39 is 11.2 Å². The zero-order valence-corrected chi connectivity index (χ0v) is 17.1. The second-order valence-electron chi connectivity index (χ2n) is 9.20. The Balaban J connectivity index is 1.41. The molecule has 1 aromatic carbocycles. The van der Waals surface area contributed by atoms with Gasteiger partial charge in [-0.1, -0.05) is 12.8 Å². The standard InChI is InChI=1S/C22H29NO6/c1-21(2)11-17(25)20-16(24)9-15(10-18(20)29-21)28-13-19(26)23-8-7-22(27)6-4-3-5-14(22)12-23/h9-10,14,24,27H,3-8,11-13H2,1-2H3/t14-,22-/m0/s1. The van der Waals surface area contributed by atoms with Crippen LogP contribution in [-0.4, -0.2) is 57.7 Å². The molecule has 0 spiro atoms. The summed E-state index contributed by atoms with van der Waals surface area (Å²) in [5, 5.41) is 21.0. The van der Waals surface area contributed by atoms with Gasteiger partial charge in [0.2, 0.25) is 0 Å². The summed E-state index contributed by atoms with van der Waals surface area (Å²) in [7, 11) is 0. The van der Waals surface area contributed by atoms with Crippen LogP contribution in [0.15, 0.2) is 12.1 Å². The van der Waals surface area contributed by atoms with E-state index in [0.717, 1.165) is 25.7 Å². The molecule has 1 aliphatic carbocycles. The molecule has 7 heteroatoms. The van der Waals surface area contributed by atoms with Gasteiger partial charge in [-0.25, -0.2) is 0 Å². The molecule has 7 nitrogen and oxygen atoms in total. The third-order valence-corrected chi connectivity index (χ3v) is 6.45. The molecule has 4 rings (SSSR count). The Hall–Kier alpha value is -2.28. The number of carbonyl (C=O) groups excluding carboxylic acids is 2. The molecule has 0 radical (unpaired) electrons. The van der Waals surface area contributed by atoms with Crippen LogP contribution in [0, 0.1) is 5.92 Å². The predicted molar refractivity (Wildman–Crippen MR) is 105 cm³/mol. The van der Waals surface area contributed by atoms with E-state index in [1.807, 2.05) is 13.8 Å². The van der Waals surface area contributed by atoms with Gasteiger partial charge in [0.1, 0.15) is 28.4 Å². The second kappa shape index (κ2) is 7.20. The minimum atomic E-state index is -0.657. The molecule has 3 aliphatic rings. The monoisotopic (exact) mass is 403 g/mol. The zero-order valence-electron chi connectivity index (χ0n) is 17.1. The number of benzene rings is 1. The van der Waals surface area contributed by atoms with Crippen molar-refractivity contribution in [1.29, 1.82) is 0 Å². The van der Waals surface area contributed by atoms with Gasteiger partial charge in [-0.3, -0.25) is 9.59 Å². The number of fused-ring (bicyclic) bond motifs is 2. The molecule has 2 heterocycles. The molecule has 158 valence electrons. The van der Waals surface area contributed by atoms with Crippen molar-refractivity contribution < 1.29 is 29.3 Å². The summed E-state index contributed by atoms with van der Waals surface area (Å²) in [6.45, 7) is 4.53. The number of aromatic hydroxyl groups is 1. The van der Waals surface area contributed by atoms with Crippen molar-refractivity contribution >= 4 is 11.7 Å². The van der Waals surface area contributed by atoms with Crippen LogP contribution in [-0.2, 0) is 4.79 Å². The van der Waals surface area contributed by atoms with Crippen molar-refractivity contribution in [3.05, 3.63) is 17.7 Å². The van der Waals surface area contributed by atoms with Crippen LogP contribution in [0.4, 0.5) is 0 Å². The van der Waals surface area contributed by atoms with Gasteiger partial charge in [-0.15, -0.1) is 0 Å². The molecule has 29 heavy (non-hydrogen) atoms. The number of phenolic OH excluding ortho intramolecular Hbond substituents is 1. The molecule has 2 atom stereocenters. The maximum Gasteiger partial charge on any atom is 0.260 e. The van der Waals surface area contributed by atoms with Crippen molar-refractivity contribution in [2.45, 2.75) is 63.6 Å². The minimum Gasteiger partial charge on any atom is -0.507 e. The van der Waals surface area contributed by atoms with Crippen LogP contribution >= 0.6 is 0 Å². The molecular formula is C22H29NO6. The van der Waals surface area contributed by atoms with E-state index in [4.69, 9.17) is 9.47 Å². The fraction of sp³-hybridized carbons (Fsp3) is 0.636. The van der Waals surface area contributed by atoms with E-state index in [1.54, 1.807) is 11.0 Å². The Kier molecular flexibility index (Phi) is 4.97. The highest BCUT2D eigenvalue weighted by atomic mass is 16.5. The van der Waals surface area contributed by atoms with E-state index in [0.29, 0.717) is 19.5 Å². The van der Waals surface area contributed by atoms with Crippen molar-refractivity contribution in [3.63, 3.8) is 0 Å². The molecule has 0 unspecified atom stereocenters. The van der Waals surface area contributed by atoms with Crippen LogP contribution in [0.5, 0.6) is 17.2 Å². The van der Waals surface area contributed by atoms with Crippen LogP contribution < -0.4 is 9.47 Å². The highest BCUT2D eigenvalue weighted by Gasteiger charge is 2.43. The van der Waals surface area contributed by atoms with Crippen molar-refractivity contribution in [3.8, 4) is 17.2 Å². The first-order valence-corrected chi connectivity index (χ1v) is 10.4. The van der Waals surface area contributed by atoms with Crippen molar-refractivity contribution in [2.24, 2.45) is 5.92 Å². The number of amides is 1. The fourth-order valence-electron chi connectivity index (χ4n) is 4.86.